The minimum atomic E-state index is 0.313. The summed E-state index contributed by atoms with van der Waals surface area (Å²) in [5, 5.41) is 10.9. The van der Waals surface area contributed by atoms with Crippen molar-refractivity contribution in [3.63, 3.8) is 0 Å². The van der Waals surface area contributed by atoms with E-state index in [9.17, 15) is 5.26 Å². The third-order valence-electron chi connectivity index (χ3n) is 5.41. The number of nitriles is 1. The molecule has 1 N–H and O–H groups in total. The molecule has 0 aliphatic carbocycles. The van der Waals surface area contributed by atoms with Gasteiger partial charge in [0, 0.05) is 5.02 Å². The van der Waals surface area contributed by atoms with Gasteiger partial charge in [0.25, 0.3) is 0 Å². The Hall–Kier alpha value is -3.46. The Morgan fingerprint density at radius 1 is 1.06 bits per heavy atom. The molecule has 0 bridgehead atoms. The first kappa shape index (κ1) is 23.7. The van der Waals surface area contributed by atoms with E-state index in [0.717, 1.165) is 27.7 Å². The first-order valence-electron chi connectivity index (χ1n) is 10.8. The van der Waals surface area contributed by atoms with Gasteiger partial charge in [-0.15, -0.1) is 0 Å². The molecule has 7 heteroatoms. The van der Waals surface area contributed by atoms with Crippen LogP contribution in [0.5, 0.6) is 11.5 Å². The molecule has 0 aliphatic rings. The highest BCUT2D eigenvalue weighted by atomic mass is 35.5. The van der Waals surface area contributed by atoms with Gasteiger partial charge < -0.3 is 14.5 Å². The number of ether oxygens (including phenoxy) is 2. The number of nitrogens with zero attached hydrogens (tertiary/aromatic N) is 2. The van der Waals surface area contributed by atoms with Crippen molar-refractivity contribution in [1.82, 2.24) is 9.97 Å². The minimum absolute atomic E-state index is 0.313. The van der Waals surface area contributed by atoms with Crippen LogP contribution in [0.4, 0.5) is 0 Å². The van der Waals surface area contributed by atoms with Gasteiger partial charge >= 0.3 is 0 Å². The van der Waals surface area contributed by atoms with Crippen molar-refractivity contribution in [2.45, 2.75) is 27.4 Å². The van der Waals surface area contributed by atoms with Crippen LogP contribution in [0.3, 0.4) is 0 Å². The summed E-state index contributed by atoms with van der Waals surface area (Å²) in [6, 6.07) is 17.2. The second-order valence-electron chi connectivity index (χ2n) is 7.89. The number of benzene rings is 3. The summed E-state index contributed by atoms with van der Waals surface area (Å²) in [6.45, 7) is 6.72. The van der Waals surface area contributed by atoms with Crippen LogP contribution in [0, 0.1) is 25.2 Å². The monoisotopic (exact) mass is 491 g/mol. The first-order chi connectivity index (χ1) is 16.4. The maximum Gasteiger partial charge on any atom is 0.180 e. The van der Waals surface area contributed by atoms with Gasteiger partial charge in [-0.05, 0) is 85.5 Å². The van der Waals surface area contributed by atoms with E-state index >= 15 is 0 Å². The molecule has 172 valence electrons. The third-order valence-corrected chi connectivity index (χ3v) is 5.94. The van der Waals surface area contributed by atoms with Crippen LogP contribution in [0.25, 0.3) is 22.7 Å². The van der Waals surface area contributed by atoms with E-state index in [2.05, 4.69) is 16.0 Å². The lowest BCUT2D eigenvalue weighted by atomic mass is 10.1. The molecule has 3 aromatic carbocycles. The number of aryl methyl sites for hydroxylation is 2. The van der Waals surface area contributed by atoms with Gasteiger partial charge in [0.05, 0.1) is 28.2 Å². The van der Waals surface area contributed by atoms with E-state index in [0.29, 0.717) is 51.7 Å². The van der Waals surface area contributed by atoms with Crippen molar-refractivity contribution in [1.29, 1.82) is 5.26 Å². The molecule has 0 aliphatic heterocycles. The second kappa shape index (κ2) is 10.2. The number of hydrogen-bond donors (Lipinski definition) is 1. The standard InChI is InChI=1S/C27H23Cl2N3O2/c1-4-33-25-13-19(12-22(29)26(25)34-15-18-5-7-21(28)8-6-18)11-20(14-30)27-31-23-9-16(2)17(3)10-24(23)32-27/h5-13H,4,15H2,1-3H3,(H,31,32)/b20-11+. The molecule has 4 aromatic rings. The molecule has 0 spiro atoms. The predicted octanol–water partition coefficient (Wildman–Crippen LogP) is 7.53. The first-order valence-corrected chi connectivity index (χ1v) is 11.6. The molecule has 0 radical (unpaired) electrons. The lowest BCUT2D eigenvalue weighted by Gasteiger charge is -2.15. The van der Waals surface area contributed by atoms with Gasteiger partial charge in [0.1, 0.15) is 18.5 Å². The normalized spacial score (nSPS) is 11.5. The fraction of sp³-hybridized carbons (Fsp3) is 0.185. The van der Waals surface area contributed by atoms with Crippen LogP contribution in [0.1, 0.15) is 35.0 Å². The summed E-state index contributed by atoms with van der Waals surface area (Å²) < 4.78 is 11.8. The zero-order valence-electron chi connectivity index (χ0n) is 19.1. The van der Waals surface area contributed by atoms with Crippen LogP contribution in [0.2, 0.25) is 10.0 Å². The zero-order valence-corrected chi connectivity index (χ0v) is 20.6. The van der Waals surface area contributed by atoms with Crippen molar-refractivity contribution in [2.24, 2.45) is 0 Å². The average molecular weight is 492 g/mol. The SMILES string of the molecule is CCOc1cc(/C=C(\C#N)c2nc3cc(C)c(C)cc3[nH]2)cc(Cl)c1OCc1ccc(Cl)cc1. The molecule has 0 amide bonds. The molecular weight excluding hydrogens is 469 g/mol. The molecule has 1 aromatic heterocycles. The maximum atomic E-state index is 9.82. The van der Waals surface area contributed by atoms with Crippen LogP contribution < -0.4 is 9.47 Å². The highest BCUT2D eigenvalue weighted by molar-refractivity contribution is 6.32. The van der Waals surface area contributed by atoms with Crippen LogP contribution in [-0.4, -0.2) is 16.6 Å². The number of aromatic amines is 1. The smallest absolute Gasteiger partial charge is 0.180 e. The maximum absolute atomic E-state index is 9.82. The summed E-state index contributed by atoms with van der Waals surface area (Å²) in [7, 11) is 0. The van der Waals surface area contributed by atoms with Crippen LogP contribution >= 0.6 is 23.2 Å². The second-order valence-corrected chi connectivity index (χ2v) is 8.73. The van der Waals surface area contributed by atoms with Gasteiger partial charge in [-0.2, -0.15) is 5.26 Å². The molecule has 1 heterocycles. The molecule has 0 saturated heterocycles. The largest absolute Gasteiger partial charge is 0.490 e. The summed E-state index contributed by atoms with van der Waals surface area (Å²) in [5.41, 5.74) is 6.06. The summed E-state index contributed by atoms with van der Waals surface area (Å²) in [5.74, 6) is 1.45. The average Bonchev–Trinajstić information content (AvgIpc) is 3.21. The minimum Gasteiger partial charge on any atom is -0.490 e. The Labute approximate surface area is 208 Å². The van der Waals surface area contributed by atoms with E-state index in [1.54, 1.807) is 18.2 Å². The fourth-order valence-corrected chi connectivity index (χ4v) is 3.93. The molecule has 0 unspecified atom stereocenters. The highest BCUT2D eigenvalue weighted by Crippen LogP contribution is 2.38. The van der Waals surface area contributed by atoms with E-state index in [4.69, 9.17) is 32.7 Å². The number of rotatable bonds is 7. The topological polar surface area (TPSA) is 70.9 Å². The van der Waals surface area contributed by atoms with Crippen molar-refractivity contribution < 1.29 is 9.47 Å². The van der Waals surface area contributed by atoms with Crippen molar-refractivity contribution >= 4 is 45.9 Å². The Balaban J connectivity index is 1.66. The zero-order chi connectivity index (χ0) is 24.2. The number of hydrogen-bond acceptors (Lipinski definition) is 4. The number of nitrogens with one attached hydrogen (secondary N) is 1. The molecule has 0 saturated carbocycles. The Morgan fingerprint density at radius 3 is 2.50 bits per heavy atom. The molecule has 34 heavy (non-hydrogen) atoms. The number of halogens is 2. The van der Waals surface area contributed by atoms with Gasteiger partial charge in [0.15, 0.2) is 11.5 Å². The molecular formula is C27H23Cl2N3O2. The van der Waals surface area contributed by atoms with Crippen molar-refractivity contribution in [3.05, 3.63) is 86.7 Å². The van der Waals surface area contributed by atoms with Gasteiger partial charge in [-0.25, -0.2) is 4.98 Å². The Kier molecular flexibility index (Phi) is 7.12. The quantitative estimate of drug-likeness (QED) is 0.271. The van der Waals surface area contributed by atoms with E-state index in [1.165, 1.54) is 0 Å². The molecule has 4 rings (SSSR count). The predicted molar refractivity (Wildman–Crippen MR) is 137 cm³/mol. The molecule has 5 nitrogen and oxygen atoms in total. The Morgan fingerprint density at radius 2 is 1.79 bits per heavy atom. The molecule has 0 fully saturated rings. The third kappa shape index (κ3) is 5.20. The fourth-order valence-electron chi connectivity index (χ4n) is 3.53. The van der Waals surface area contributed by atoms with Crippen molar-refractivity contribution in [3.8, 4) is 17.6 Å². The van der Waals surface area contributed by atoms with Gasteiger partial charge in [-0.3, -0.25) is 0 Å². The number of fused-ring (bicyclic) bond motifs is 1. The lowest BCUT2D eigenvalue weighted by molar-refractivity contribution is 0.269. The van der Waals surface area contributed by atoms with E-state index < -0.39 is 0 Å². The van der Waals surface area contributed by atoms with Crippen molar-refractivity contribution in [2.75, 3.05) is 6.61 Å². The van der Waals surface area contributed by atoms with Crippen LogP contribution in [-0.2, 0) is 6.61 Å². The summed E-state index contributed by atoms with van der Waals surface area (Å²) in [4.78, 5) is 7.85. The highest BCUT2D eigenvalue weighted by Gasteiger charge is 2.15. The van der Waals surface area contributed by atoms with Gasteiger partial charge in [0.2, 0.25) is 0 Å². The number of H-pyrrole nitrogens is 1. The Bertz CT molecular complexity index is 1380. The summed E-state index contributed by atoms with van der Waals surface area (Å²) >= 11 is 12.5. The summed E-state index contributed by atoms with van der Waals surface area (Å²) in [6.07, 6.45) is 1.73. The number of allylic oxidation sites excluding steroid dienone is 1. The number of aromatic nitrogens is 2. The number of imidazole rings is 1. The van der Waals surface area contributed by atoms with E-state index in [-0.39, 0.29) is 0 Å². The van der Waals surface area contributed by atoms with Crippen LogP contribution in [0.15, 0.2) is 48.5 Å². The lowest BCUT2D eigenvalue weighted by Crippen LogP contribution is -2.01. The van der Waals surface area contributed by atoms with E-state index in [1.807, 2.05) is 57.2 Å². The van der Waals surface area contributed by atoms with Gasteiger partial charge in [-0.1, -0.05) is 35.3 Å². The molecule has 0 atom stereocenters.